The number of hydrogen-bond acceptors (Lipinski definition) is 4. The number of nitrogens with zero attached hydrogens (tertiary/aromatic N) is 2. The lowest BCUT2D eigenvalue weighted by molar-refractivity contribution is 0.0703. The summed E-state index contributed by atoms with van der Waals surface area (Å²) in [4.78, 5) is 20.6. The summed E-state index contributed by atoms with van der Waals surface area (Å²) in [6.07, 6.45) is 0. The summed E-state index contributed by atoms with van der Waals surface area (Å²) in [6, 6.07) is 18.5. The van der Waals surface area contributed by atoms with Crippen LogP contribution in [0.1, 0.15) is 45.4 Å². The minimum atomic E-state index is -0.330. The standard InChI is InChI=1S/C29H35FN2O2S/c1-20(2)15-32(29(33)22-10-12-24(30)13-11-22)17-23-16-31(18-25-14-9-21(3)35-25)19-27(23)26-7-5-6-8-28(26)34-4/h5-14,20,23,27H,15-19H2,1-4H3. The van der Waals surface area contributed by atoms with Crippen LogP contribution in [0.5, 0.6) is 5.75 Å². The molecule has 0 spiro atoms. The number of carbonyl (C=O) groups excluding carboxylic acids is 1. The number of likely N-dealkylation sites (tertiary alicyclic amines) is 1. The SMILES string of the molecule is COc1ccccc1C1CN(Cc2ccc(C)s2)CC1CN(CC(C)C)C(=O)c1ccc(F)cc1. The van der Waals surface area contributed by atoms with E-state index in [4.69, 9.17) is 4.74 Å². The van der Waals surface area contributed by atoms with Crippen molar-refractivity contribution in [2.24, 2.45) is 11.8 Å². The fraction of sp³-hybridized carbons (Fsp3) is 0.414. The van der Waals surface area contributed by atoms with E-state index in [9.17, 15) is 9.18 Å². The van der Waals surface area contributed by atoms with E-state index < -0.39 is 0 Å². The van der Waals surface area contributed by atoms with Crippen molar-refractivity contribution in [3.05, 3.63) is 87.4 Å². The summed E-state index contributed by atoms with van der Waals surface area (Å²) < 4.78 is 19.2. The fourth-order valence-corrected chi connectivity index (χ4v) is 6.06. The molecule has 0 aliphatic carbocycles. The van der Waals surface area contributed by atoms with Crippen LogP contribution >= 0.6 is 11.3 Å². The van der Waals surface area contributed by atoms with Crippen LogP contribution in [0, 0.1) is 24.6 Å². The minimum absolute atomic E-state index is 0.0372. The molecule has 2 aromatic carbocycles. The van der Waals surface area contributed by atoms with Gasteiger partial charge >= 0.3 is 0 Å². The van der Waals surface area contributed by atoms with Crippen molar-refractivity contribution in [2.75, 3.05) is 33.3 Å². The number of amides is 1. The highest BCUT2D eigenvalue weighted by Gasteiger charge is 2.37. The lowest BCUT2D eigenvalue weighted by Gasteiger charge is -2.30. The molecular formula is C29H35FN2O2S. The lowest BCUT2D eigenvalue weighted by atomic mass is 9.87. The molecule has 1 saturated heterocycles. The van der Waals surface area contributed by atoms with E-state index in [2.05, 4.69) is 49.9 Å². The number of halogens is 1. The third-order valence-corrected chi connectivity index (χ3v) is 7.63. The minimum Gasteiger partial charge on any atom is -0.496 e. The van der Waals surface area contributed by atoms with Crippen molar-refractivity contribution in [1.29, 1.82) is 0 Å². The molecule has 2 atom stereocenters. The van der Waals surface area contributed by atoms with Gasteiger partial charge in [-0.05, 0) is 66.8 Å². The van der Waals surface area contributed by atoms with Gasteiger partial charge in [-0.3, -0.25) is 9.69 Å². The van der Waals surface area contributed by atoms with E-state index in [-0.39, 0.29) is 23.6 Å². The maximum atomic E-state index is 13.5. The van der Waals surface area contributed by atoms with Gasteiger partial charge in [0, 0.05) is 54.0 Å². The number of benzene rings is 2. The van der Waals surface area contributed by atoms with E-state index in [0.29, 0.717) is 24.6 Å². The summed E-state index contributed by atoms with van der Waals surface area (Å²) in [6.45, 7) is 10.4. The Hall–Kier alpha value is -2.70. The first kappa shape index (κ1) is 25.4. The van der Waals surface area contributed by atoms with E-state index in [1.165, 1.54) is 27.5 Å². The monoisotopic (exact) mass is 494 g/mol. The van der Waals surface area contributed by atoms with Gasteiger partial charge in [0.1, 0.15) is 11.6 Å². The Morgan fingerprint density at radius 2 is 1.86 bits per heavy atom. The van der Waals surface area contributed by atoms with Crippen LogP contribution in [-0.4, -0.2) is 49.0 Å². The summed E-state index contributed by atoms with van der Waals surface area (Å²) in [5.41, 5.74) is 1.73. The first-order valence-corrected chi connectivity index (χ1v) is 13.1. The summed E-state index contributed by atoms with van der Waals surface area (Å²) in [5.74, 6) is 1.37. The number of thiophene rings is 1. The van der Waals surface area contributed by atoms with Gasteiger partial charge in [0.05, 0.1) is 7.11 Å². The van der Waals surface area contributed by atoms with E-state index >= 15 is 0 Å². The molecule has 4 rings (SSSR count). The first-order valence-electron chi connectivity index (χ1n) is 12.3. The number of methoxy groups -OCH3 is 1. The lowest BCUT2D eigenvalue weighted by Crippen LogP contribution is -2.39. The summed E-state index contributed by atoms with van der Waals surface area (Å²) in [7, 11) is 1.72. The van der Waals surface area contributed by atoms with Gasteiger partial charge in [0.2, 0.25) is 0 Å². The molecule has 0 bridgehead atoms. The van der Waals surface area contributed by atoms with Gasteiger partial charge in [-0.15, -0.1) is 11.3 Å². The number of para-hydroxylation sites is 1. The second kappa shape index (κ2) is 11.4. The quantitative estimate of drug-likeness (QED) is 0.354. The smallest absolute Gasteiger partial charge is 0.253 e. The third kappa shape index (κ3) is 6.30. The van der Waals surface area contributed by atoms with Crippen molar-refractivity contribution < 1.29 is 13.9 Å². The molecule has 1 aliphatic rings. The van der Waals surface area contributed by atoms with Gasteiger partial charge in [-0.2, -0.15) is 0 Å². The molecule has 1 amide bonds. The topological polar surface area (TPSA) is 32.8 Å². The number of aryl methyl sites for hydroxylation is 1. The zero-order valence-electron chi connectivity index (χ0n) is 21.0. The van der Waals surface area contributed by atoms with Crippen LogP contribution in [0.4, 0.5) is 4.39 Å². The largest absolute Gasteiger partial charge is 0.496 e. The normalized spacial score (nSPS) is 18.2. The average Bonchev–Trinajstić information content (AvgIpc) is 3.43. The maximum Gasteiger partial charge on any atom is 0.253 e. The Kier molecular flexibility index (Phi) is 8.24. The maximum absolute atomic E-state index is 13.5. The van der Waals surface area contributed by atoms with Crippen LogP contribution in [0.2, 0.25) is 0 Å². The van der Waals surface area contributed by atoms with Crippen molar-refractivity contribution >= 4 is 17.2 Å². The van der Waals surface area contributed by atoms with Crippen LogP contribution < -0.4 is 4.74 Å². The molecule has 0 radical (unpaired) electrons. The molecule has 1 fully saturated rings. The van der Waals surface area contributed by atoms with Gasteiger partial charge in [0.25, 0.3) is 5.91 Å². The number of hydrogen-bond donors (Lipinski definition) is 0. The fourth-order valence-electron chi connectivity index (χ4n) is 5.13. The highest BCUT2D eigenvalue weighted by Crippen LogP contribution is 2.39. The Bertz CT molecular complexity index is 1130. The molecule has 186 valence electrons. The molecule has 1 aliphatic heterocycles. The molecule has 1 aromatic heterocycles. The second-order valence-electron chi connectivity index (χ2n) is 9.93. The van der Waals surface area contributed by atoms with Crippen molar-refractivity contribution in [2.45, 2.75) is 33.2 Å². The van der Waals surface area contributed by atoms with Gasteiger partial charge in [-0.1, -0.05) is 32.0 Å². The molecule has 2 unspecified atom stereocenters. The second-order valence-corrected chi connectivity index (χ2v) is 11.3. The average molecular weight is 495 g/mol. The summed E-state index contributed by atoms with van der Waals surface area (Å²) >= 11 is 1.84. The zero-order chi connectivity index (χ0) is 24.9. The van der Waals surface area contributed by atoms with Crippen LogP contribution in [0.25, 0.3) is 0 Å². The highest BCUT2D eigenvalue weighted by atomic mass is 32.1. The number of ether oxygens (including phenoxy) is 1. The highest BCUT2D eigenvalue weighted by molar-refractivity contribution is 7.11. The van der Waals surface area contributed by atoms with Crippen LogP contribution in [-0.2, 0) is 6.54 Å². The molecular weight excluding hydrogens is 459 g/mol. The van der Waals surface area contributed by atoms with Crippen LogP contribution in [0.15, 0.2) is 60.7 Å². The van der Waals surface area contributed by atoms with Crippen molar-refractivity contribution in [1.82, 2.24) is 9.80 Å². The van der Waals surface area contributed by atoms with Gasteiger partial charge in [-0.25, -0.2) is 4.39 Å². The Morgan fingerprint density at radius 1 is 1.11 bits per heavy atom. The predicted octanol–water partition coefficient (Wildman–Crippen LogP) is 6.22. The first-order chi connectivity index (χ1) is 16.8. The van der Waals surface area contributed by atoms with Crippen molar-refractivity contribution in [3.63, 3.8) is 0 Å². The van der Waals surface area contributed by atoms with E-state index in [1.54, 1.807) is 19.2 Å². The zero-order valence-corrected chi connectivity index (χ0v) is 21.9. The predicted molar refractivity (Wildman–Crippen MR) is 141 cm³/mol. The molecule has 35 heavy (non-hydrogen) atoms. The summed E-state index contributed by atoms with van der Waals surface area (Å²) in [5, 5.41) is 0. The van der Waals surface area contributed by atoms with Crippen LogP contribution in [0.3, 0.4) is 0 Å². The molecule has 0 N–H and O–H groups in total. The Balaban J connectivity index is 1.61. The Labute approximate surface area is 212 Å². The van der Waals surface area contributed by atoms with Gasteiger partial charge < -0.3 is 9.64 Å². The van der Waals surface area contributed by atoms with E-state index in [0.717, 1.165) is 25.4 Å². The molecule has 2 heterocycles. The third-order valence-electron chi connectivity index (χ3n) is 6.65. The molecule has 3 aromatic rings. The molecule has 6 heteroatoms. The number of rotatable bonds is 9. The van der Waals surface area contributed by atoms with Gasteiger partial charge in [0.15, 0.2) is 0 Å². The molecule has 4 nitrogen and oxygen atoms in total. The number of carbonyl (C=O) groups is 1. The van der Waals surface area contributed by atoms with Crippen molar-refractivity contribution in [3.8, 4) is 5.75 Å². The molecule has 0 saturated carbocycles. The Morgan fingerprint density at radius 3 is 2.51 bits per heavy atom. The van der Waals surface area contributed by atoms with E-state index in [1.807, 2.05) is 28.4 Å².